The fourth-order valence-corrected chi connectivity index (χ4v) is 3.34. The summed E-state index contributed by atoms with van der Waals surface area (Å²) in [6.45, 7) is 0.906. The van der Waals surface area contributed by atoms with E-state index in [4.69, 9.17) is 5.11 Å². The molecule has 2 atom stereocenters. The molecule has 2 saturated heterocycles. The Morgan fingerprint density at radius 1 is 1.35 bits per heavy atom. The maximum absolute atomic E-state index is 11.9. The van der Waals surface area contributed by atoms with Gasteiger partial charge in [0.25, 0.3) is 0 Å². The average Bonchev–Trinajstić information content (AvgIpc) is 2.79. The molecule has 6 heteroatoms. The highest BCUT2D eigenvalue weighted by molar-refractivity contribution is 7.99. The second-order valence-corrected chi connectivity index (χ2v) is 5.78. The number of nitrogens with zero attached hydrogens (tertiary/aromatic N) is 1. The fraction of sp³-hybridized carbons (Fsp3) is 0.818. The third kappa shape index (κ3) is 3.28. The summed E-state index contributed by atoms with van der Waals surface area (Å²) in [6, 6.07) is 0.159. The topological polar surface area (TPSA) is 69.6 Å². The minimum atomic E-state index is -0.798. The van der Waals surface area contributed by atoms with Gasteiger partial charge >= 0.3 is 12.0 Å². The van der Waals surface area contributed by atoms with Gasteiger partial charge in [-0.15, -0.1) is 0 Å². The Bertz CT molecular complexity index is 305. The molecule has 2 amide bonds. The predicted molar refractivity (Wildman–Crippen MR) is 66.2 cm³/mol. The van der Waals surface area contributed by atoms with Crippen LogP contribution in [0.2, 0.25) is 0 Å². The number of urea groups is 1. The lowest BCUT2D eigenvalue weighted by molar-refractivity contribution is -0.141. The quantitative estimate of drug-likeness (QED) is 0.775. The Morgan fingerprint density at radius 3 is 2.76 bits per heavy atom. The molecular weight excluding hydrogens is 240 g/mol. The van der Waals surface area contributed by atoms with E-state index in [0.29, 0.717) is 19.5 Å². The zero-order valence-corrected chi connectivity index (χ0v) is 10.5. The van der Waals surface area contributed by atoms with Crippen LogP contribution in [0.4, 0.5) is 4.79 Å². The number of hydrogen-bond donors (Lipinski definition) is 2. The lowest BCUT2D eigenvalue weighted by Crippen LogP contribution is -2.46. The van der Waals surface area contributed by atoms with Gasteiger partial charge in [0, 0.05) is 24.9 Å². The number of likely N-dealkylation sites (tertiary alicyclic amines) is 1. The minimum absolute atomic E-state index is 0.0961. The molecule has 2 fully saturated rings. The molecule has 0 saturated carbocycles. The Hall–Kier alpha value is -0.910. The lowest BCUT2D eigenvalue weighted by Gasteiger charge is -2.25. The van der Waals surface area contributed by atoms with E-state index in [1.54, 1.807) is 4.90 Å². The summed E-state index contributed by atoms with van der Waals surface area (Å²) in [6.07, 6.45) is 2.75. The Balaban J connectivity index is 1.78. The first-order valence-electron chi connectivity index (χ1n) is 6.03. The number of amides is 2. The molecule has 0 aromatic carbocycles. The van der Waals surface area contributed by atoms with Crippen molar-refractivity contribution in [3.05, 3.63) is 0 Å². The number of carbonyl (C=O) groups is 2. The standard InChI is InChI=1S/C11H18N2O3S/c14-10(15)8-3-4-13(6-8)11(16)12-9-2-1-5-17-7-9/h8-9H,1-7H2,(H,12,16)(H,14,15). The summed E-state index contributed by atoms with van der Waals surface area (Å²) >= 11 is 1.87. The Labute approximate surface area is 105 Å². The first-order valence-corrected chi connectivity index (χ1v) is 7.18. The van der Waals surface area contributed by atoms with Crippen LogP contribution in [0.1, 0.15) is 19.3 Å². The highest BCUT2D eigenvalue weighted by Crippen LogP contribution is 2.19. The molecule has 2 N–H and O–H groups in total. The van der Waals surface area contributed by atoms with Crippen molar-refractivity contribution >= 4 is 23.8 Å². The number of carboxylic acids is 1. The van der Waals surface area contributed by atoms with Crippen molar-refractivity contribution in [1.29, 1.82) is 0 Å². The van der Waals surface area contributed by atoms with Gasteiger partial charge in [0.2, 0.25) is 0 Å². The molecular formula is C11H18N2O3S. The average molecular weight is 258 g/mol. The number of carboxylic acid groups (broad SMARTS) is 1. The molecule has 2 rings (SSSR count). The summed E-state index contributed by atoms with van der Waals surface area (Å²) < 4.78 is 0. The van der Waals surface area contributed by atoms with Gasteiger partial charge in [-0.1, -0.05) is 0 Å². The summed E-state index contributed by atoms with van der Waals surface area (Å²) in [5.41, 5.74) is 0. The molecule has 0 bridgehead atoms. The fourth-order valence-electron chi connectivity index (χ4n) is 2.27. The van der Waals surface area contributed by atoms with Crippen LogP contribution in [-0.4, -0.2) is 52.6 Å². The number of carbonyl (C=O) groups excluding carboxylic acids is 1. The van der Waals surface area contributed by atoms with Crippen LogP contribution in [0.15, 0.2) is 0 Å². The van der Waals surface area contributed by atoms with Crippen LogP contribution < -0.4 is 5.32 Å². The number of hydrogen-bond acceptors (Lipinski definition) is 3. The molecule has 0 radical (unpaired) electrons. The molecule has 0 aromatic heterocycles. The van der Waals surface area contributed by atoms with E-state index in [2.05, 4.69) is 5.32 Å². The maximum atomic E-state index is 11.9. The van der Waals surface area contributed by atoms with E-state index in [0.717, 1.165) is 18.6 Å². The van der Waals surface area contributed by atoms with Crippen LogP contribution in [-0.2, 0) is 4.79 Å². The molecule has 2 heterocycles. The van der Waals surface area contributed by atoms with Gasteiger partial charge in [-0.05, 0) is 25.0 Å². The van der Waals surface area contributed by atoms with Crippen LogP contribution in [0, 0.1) is 5.92 Å². The van der Waals surface area contributed by atoms with Crippen molar-refractivity contribution in [2.24, 2.45) is 5.92 Å². The molecule has 96 valence electrons. The lowest BCUT2D eigenvalue weighted by atomic mass is 10.1. The van der Waals surface area contributed by atoms with Crippen molar-refractivity contribution in [2.75, 3.05) is 24.6 Å². The van der Waals surface area contributed by atoms with Gasteiger partial charge < -0.3 is 15.3 Å². The predicted octanol–water partition coefficient (Wildman–Crippen LogP) is 0.998. The molecule has 0 spiro atoms. The van der Waals surface area contributed by atoms with Gasteiger partial charge in [0.1, 0.15) is 0 Å². The highest BCUT2D eigenvalue weighted by Gasteiger charge is 2.31. The number of rotatable bonds is 2. The summed E-state index contributed by atoms with van der Waals surface area (Å²) in [4.78, 5) is 24.3. The van der Waals surface area contributed by atoms with Crippen molar-refractivity contribution in [1.82, 2.24) is 10.2 Å². The second kappa shape index (κ2) is 5.62. The summed E-state index contributed by atoms with van der Waals surface area (Å²) in [5.74, 6) is 0.967. The SMILES string of the molecule is O=C(O)C1CCN(C(=O)NC2CCCSC2)C1. The van der Waals surface area contributed by atoms with E-state index in [9.17, 15) is 9.59 Å². The first kappa shape index (κ1) is 12.5. The third-order valence-corrected chi connectivity index (χ3v) is 4.53. The number of aliphatic carboxylic acids is 1. The van der Waals surface area contributed by atoms with Gasteiger partial charge in [-0.25, -0.2) is 4.79 Å². The van der Waals surface area contributed by atoms with E-state index in [1.807, 2.05) is 11.8 Å². The molecule has 0 aromatic rings. The summed E-state index contributed by atoms with van der Waals surface area (Å²) in [5, 5.41) is 11.9. The van der Waals surface area contributed by atoms with Crippen LogP contribution >= 0.6 is 11.8 Å². The highest BCUT2D eigenvalue weighted by atomic mass is 32.2. The van der Waals surface area contributed by atoms with E-state index >= 15 is 0 Å². The third-order valence-electron chi connectivity index (χ3n) is 3.31. The Kier molecular flexibility index (Phi) is 4.15. The molecule has 5 nitrogen and oxygen atoms in total. The maximum Gasteiger partial charge on any atom is 0.317 e. The molecule has 0 aliphatic carbocycles. The smallest absolute Gasteiger partial charge is 0.317 e. The van der Waals surface area contributed by atoms with Gasteiger partial charge in [-0.3, -0.25) is 4.79 Å². The monoisotopic (exact) mass is 258 g/mol. The van der Waals surface area contributed by atoms with Gasteiger partial charge in [0.05, 0.1) is 5.92 Å². The first-order chi connectivity index (χ1) is 8.16. The van der Waals surface area contributed by atoms with E-state index in [1.165, 1.54) is 5.75 Å². The van der Waals surface area contributed by atoms with Gasteiger partial charge in [0.15, 0.2) is 0 Å². The minimum Gasteiger partial charge on any atom is -0.481 e. The zero-order valence-electron chi connectivity index (χ0n) is 9.72. The van der Waals surface area contributed by atoms with Crippen molar-refractivity contribution in [3.63, 3.8) is 0 Å². The van der Waals surface area contributed by atoms with Crippen molar-refractivity contribution in [2.45, 2.75) is 25.3 Å². The summed E-state index contributed by atoms with van der Waals surface area (Å²) in [7, 11) is 0. The van der Waals surface area contributed by atoms with Crippen molar-refractivity contribution < 1.29 is 14.7 Å². The number of nitrogens with one attached hydrogen (secondary N) is 1. The van der Waals surface area contributed by atoms with Crippen LogP contribution in [0.3, 0.4) is 0 Å². The van der Waals surface area contributed by atoms with Gasteiger partial charge in [-0.2, -0.15) is 11.8 Å². The van der Waals surface area contributed by atoms with E-state index < -0.39 is 5.97 Å². The largest absolute Gasteiger partial charge is 0.481 e. The van der Waals surface area contributed by atoms with Crippen LogP contribution in [0.5, 0.6) is 0 Å². The van der Waals surface area contributed by atoms with Crippen molar-refractivity contribution in [3.8, 4) is 0 Å². The van der Waals surface area contributed by atoms with E-state index in [-0.39, 0.29) is 18.0 Å². The second-order valence-electron chi connectivity index (χ2n) is 4.63. The Morgan fingerprint density at radius 2 is 2.18 bits per heavy atom. The normalized spacial score (nSPS) is 29.1. The zero-order chi connectivity index (χ0) is 12.3. The molecule has 2 aliphatic rings. The molecule has 2 unspecified atom stereocenters. The molecule has 17 heavy (non-hydrogen) atoms. The molecule has 2 aliphatic heterocycles. The van der Waals surface area contributed by atoms with Crippen LogP contribution in [0.25, 0.3) is 0 Å². The number of thioether (sulfide) groups is 1.